The highest BCUT2D eigenvalue weighted by atomic mass is 35.5. The van der Waals surface area contributed by atoms with Gasteiger partial charge in [0.15, 0.2) is 0 Å². The first-order chi connectivity index (χ1) is 8.97. The molecule has 1 aromatic heterocycles. The summed E-state index contributed by atoms with van der Waals surface area (Å²) in [5, 5.41) is 5.03. The summed E-state index contributed by atoms with van der Waals surface area (Å²) in [5.41, 5.74) is 1.77. The van der Waals surface area contributed by atoms with E-state index in [9.17, 15) is 0 Å². The molecule has 1 aromatic carbocycles. The zero-order valence-corrected chi connectivity index (χ0v) is 12.3. The molecule has 19 heavy (non-hydrogen) atoms. The molecule has 0 atom stereocenters. The van der Waals surface area contributed by atoms with Crippen LogP contribution in [0.25, 0.3) is 10.9 Å². The van der Waals surface area contributed by atoms with Gasteiger partial charge >= 0.3 is 0 Å². The Morgan fingerprint density at radius 2 is 2.05 bits per heavy atom. The Hall–Kier alpha value is -1.32. The van der Waals surface area contributed by atoms with Gasteiger partial charge in [0.1, 0.15) is 0 Å². The van der Waals surface area contributed by atoms with E-state index in [-0.39, 0.29) is 5.60 Å². The molecule has 0 saturated heterocycles. The molecule has 2 aromatic rings. The number of anilines is 1. The lowest BCUT2D eigenvalue weighted by Crippen LogP contribution is -2.23. The molecule has 0 saturated carbocycles. The number of halogens is 1. The van der Waals surface area contributed by atoms with Gasteiger partial charge in [0.05, 0.1) is 28.4 Å². The van der Waals surface area contributed by atoms with Crippen LogP contribution in [0.1, 0.15) is 20.8 Å². The molecule has 0 amide bonds. The summed E-state index contributed by atoms with van der Waals surface area (Å²) in [6.07, 6.45) is 1.77. The highest BCUT2D eigenvalue weighted by Gasteiger charge is 2.09. The Labute approximate surface area is 118 Å². The van der Waals surface area contributed by atoms with Gasteiger partial charge in [-0.05, 0) is 45.0 Å². The van der Waals surface area contributed by atoms with E-state index in [2.05, 4.69) is 10.3 Å². The van der Waals surface area contributed by atoms with Crippen LogP contribution in [0.5, 0.6) is 0 Å². The maximum atomic E-state index is 6.16. The molecular weight excluding hydrogens is 260 g/mol. The van der Waals surface area contributed by atoms with Crippen LogP contribution in [-0.4, -0.2) is 23.7 Å². The molecule has 3 nitrogen and oxygen atoms in total. The maximum Gasteiger partial charge on any atom is 0.0948 e. The first-order valence-corrected chi connectivity index (χ1v) is 6.76. The number of rotatable bonds is 4. The van der Waals surface area contributed by atoms with Crippen LogP contribution in [-0.2, 0) is 4.74 Å². The third kappa shape index (κ3) is 3.82. The molecule has 0 aliphatic heterocycles. The van der Waals surface area contributed by atoms with Crippen molar-refractivity contribution in [2.75, 3.05) is 18.5 Å². The predicted molar refractivity (Wildman–Crippen MR) is 80.9 cm³/mol. The van der Waals surface area contributed by atoms with Crippen molar-refractivity contribution >= 4 is 28.2 Å². The van der Waals surface area contributed by atoms with Gasteiger partial charge in [-0.1, -0.05) is 11.6 Å². The van der Waals surface area contributed by atoms with Gasteiger partial charge in [-0.15, -0.1) is 0 Å². The number of pyridine rings is 1. The second-order valence-electron chi connectivity index (χ2n) is 5.38. The van der Waals surface area contributed by atoms with Crippen molar-refractivity contribution in [1.29, 1.82) is 0 Å². The summed E-state index contributed by atoms with van der Waals surface area (Å²) >= 11 is 6.16. The minimum Gasteiger partial charge on any atom is -0.381 e. The van der Waals surface area contributed by atoms with Gasteiger partial charge in [0, 0.05) is 18.1 Å². The van der Waals surface area contributed by atoms with Crippen molar-refractivity contribution in [2.24, 2.45) is 0 Å². The number of nitrogens with zero attached hydrogens (tertiary/aromatic N) is 1. The number of aromatic nitrogens is 1. The fourth-order valence-electron chi connectivity index (χ4n) is 1.82. The van der Waals surface area contributed by atoms with E-state index in [0.717, 1.165) is 28.2 Å². The Bertz CT molecular complexity index is 564. The molecule has 0 aliphatic rings. The molecule has 0 aliphatic carbocycles. The number of hydrogen-bond acceptors (Lipinski definition) is 3. The van der Waals surface area contributed by atoms with Gasteiger partial charge in [-0.25, -0.2) is 0 Å². The summed E-state index contributed by atoms with van der Waals surface area (Å²) in [5.74, 6) is 0. The van der Waals surface area contributed by atoms with Crippen LogP contribution in [0.3, 0.4) is 0 Å². The number of fused-ring (bicyclic) bond motifs is 1. The lowest BCUT2D eigenvalue weighted by molar-refractivity contribution is 0.00334. The predicted octanol–water partition coefficient (Wildman–Crippen LogP) is 4.12. The quantitative estimate of drug-likeness (QED) is 0.855. The third-order valence-electron chi connectivity index (χ3n) is 2.67. The van der Waals surface area contributed by atoms with Crippen LogP contribution in [0.15, 0.2) is 30.5 Å². The first kappa shape index (κ1) is 14.1. The highest BCUT2D eigenvalue weighted by molar-refractivity contribution is 6.35. The Kier molecular flexibility index (Phi) is 4.27. The largest absolute Gasteiger partial charge is 0.381 e. The lowest BCUT2D eigenvalue weighted by atomic mass is 10.2. The fourth-order valence-corrected chi connectivity index (χ4v) is 2.04. The SMILES string of the molecule is CC(C)(C)OCCNc1ccc(Cl)c2cccnc12. The first-order valence-electron chi connectivity index (χ1n) is 6.38. The molecule has 0 bridgehead atoms. The smallest absolute Gasteiger partial charge is 0.0948 e. The summed E-state index contributed by atoms with van der Waals surface area (Å²) < 4.78 is 5.68. The Balaban J connectivity index is 2.07. The number of benzene rings is 1. The molecule has 1 heterocycles. The molecule has 0 unspecified atom stereocenters. The maximum absolute atomic E-state index is 6.16. The summed E-state index contributed by atoms with van der Waals surface area (Å²) in [6, 6.07) is 7.70. The molecule has 0 spiro atoms. The van der Waals surface area contributed by atoms with Gasteiger partial charge in [0.25, 0.3) is 0 Å². The highest BCUT2D eigenvalue weighted by Crippen LogP contribution is 2.27. The molecule has 1 N–H and O–H groups in total. The summed E-state index contributed by atoms with van der Waals surface area (Å²) in [6.45, 7) is 7.54. The second-order valence-corrected chi connectivity index (χ2v) is 5.79. The normalized spacial score (nSPS) is 11.8. The summed E-state index contributed by atoms with van der Waals surface area (Å²) in [4.78, 5) is 4.38. The van der Waals surface area contributed by atoms with Gasteiger partial charge < -0.3 is 10.1 Å². The van der Waals surface area contributed by atoms with Crippen LogP contribution < -0.4 is 5.32 Å². The van der Waals surface area contributed by atoms with E-state index in [4.69, 9.17) is 16.3 Å². The van der Waals surface area contributed by atoms with E-state index in [0.29, 0.717) is 6.61 Å². The van der Waals surface area contributed by atoms with E-state index in [1.54, 1.807) is 6.20 Å². The van der Waals surface area contributed by atoms with Crippen LogP contribution in [0.2, 0.25) is 5.02 Å². The fraction of sp³-hybridized carbons (Fsp3) is 0.400. The number of nitrogens with one attached hydrogen (secondary N) is 1. The zero-order chi connectivity index (χ0) is 13.9. The molecule has 0 radical (unpaired) electrons. The minimum absolute atomic E-state index is 0.109. The lowest BCUT2D eigenvalue weighted by Gasteiger charge is -2.20. The third-order valence-corrected chi connectivity index (χ3v) is 3.00. The van der Waals surface area contributed by atoms with E-state index < -0.39 is 0 Å². The van der Waals surface area contributed by atoms with Crippen LogP contribution in [0.4, 0.5) is 5.69 Å². The summed E-state index contributed by atoms with van der Waals surface area (Å²) in [7, 11) is 0. The zero-order valence-electron chi connectivity index (χ0n) is 11.5. The van der Waals surface area contributed by atoms with Gasteiger partial charge in [-0.2, -0.15) is 0 Å². The average molecular weight is 279 g/mol. The van der Waals surface area contributed by atoms with Gasteiger partial charge in [-0.3, -0.25) is 4.98 Å². The number of hydrogen-bond donors (Lipinski definition) is 1. The molecule has 102 valence electrons. The molecule has 2 rings (SSSR count). The number of ether oxygens (including phenoxy) is 1. The standard InChI is InChI=1S/C15H19ClN2O/c1-15(2,3)19-10-9-17-13-7-6-12(16)11-5-4-8-18-14(11)13/h4-8,17H,9-10H2,1-3H3. The van der Waals surface area contributed by atoms with E-state index in [1.165, 1.54) is 0 Å². The molecular formula is C15H19ClN2O. The van der Waals surface area contributed by atoms with Crippen molar-refractivity contribution < 1.29 is 4.74 Å². The van der Waals surface area contributed by atoms with Crippen LogP contribution in [0, 0.1) is 0 Å². The minimum atomic E-state index is -0.109. The van der Waals surface area contributed by atoms with Crippen molar-refractivity contribution in [3.63, 3.8) is 0 Å². The van der Waals surface area contributed by atoms with Crippen molar-refractivity contribution in [2.45, 2.75) is 26.4 Å². The van der Waals surface area contributed by atoms with E-state index >= 15 is 0 Å². The average Bonchev–Trinajstić information content (AvgIpc) is 2.36. The van der Waals surface area contributed by atoms with E-state index in [1.807, 2.05) is 45.0 Å². The second kappa shape index (κ2) is 5.76. The topological polar surface area (TPSA) is 34.1 Å². The van der Waals surface area contributed by atoms with Crippen molar-refractivity contribution in [1.82, 2.24) is 4.98 Å². The molecule has 4 heteroatoms. The molecule has 0 fully saturated rings. The van der Waals surface area contributed by atoms with Crippen molar-refractivity contribution in [3.05, 3.63) is 35.5 Å². The van der Waals surface area contributed by atoms with Crippen molar-refractivity contribution in [3.8, 4) is 0 Å². The Morgan fingerprint density at radius 1 is 1.26 bits per heavy atom. The Morgan fingerprint density at radius 3 is 2.79 bits per heavy atom. The monoisotopic (exact) mass is 278 g/mol. The van der Waals surface area contributed by atoms with Crippen LogP contribution >= 0.6 is 11.6 Å². The van der Waals surface area contributed by atoms with Gasteiger partial charge in [0.2, 0.25) is 0 Å².